The zero-order valence-corrected chi connectivity index (χ0v) is 9.95. The van der Waals surface area contributed by atoms with Crippen molar-refractivity contribution in [3.63, 3.8) is 0 Å². The van der Waals surface area contributed by atoms with Gasteiger partial charge in [-0.05, 0) is 18.0 Å². The van der Waals surface area contributed by atoms with E-state index >= 15 is 0 Å². The van der Waals surface area contributed by atoms with Crippen molar-refractivity contribution in [1.82, 2.24) is 0 Å². The van der Waals surface area contributed by atoms with Crippen molar-refractivity contribution in [3.05, 3.63) is 12.2 Å². The highest BCUT2D eigenvalue weighted by atomic mass is 28.3. The molecule has 1 heterocycles. The van der Waals surface area contributed by atoms with Gasteiger partial charge in [0.15, 0.2) is 5.41 Å². The minimum Gasteiger partial charge on any atom is -0.299 e. The maximum atomic E-state index is 11.8. The van der Waals surface area contributed by atoms with Crippen LogP contribution in [0.1, 0.15) is 20.8 Å². The maximum absolute atomic E-state index is 11.8. The molecule has 13 heavy (non-hydrogen) atoms. The Morgan fingerprint density at radius 1 is 1.54 bits per heavy atom. The summed E-state index contributed by atoms with van der Waals surface area (Å²) >= 11 is 0. The average molecular weight is 195 g/mol. The van der Waals surface area contributed by atoms with Gasteiger partial charge in [0, 0.05) is 6.54 Å². The first kappa shape index (κ1) is 10.4. The molecule has 72 valence electrons. The lowest BCUT2D eigenvalue weighted by Crippen LogP contribution is -2.43. The molecular formula is C10H17NOSi. The monoisotopic (exact) mass is 195 g/mol. The molecule has 0 radical (unpaired) electrons. The summed E-state index contributed by atoms with van der Waals surface area (Å²) < 4.78 is 0. The van der Waals surface area contributed by atoms with Crippen molar-refractivity contribution in [2.24, 2.45) is 4.99 Å². The van der Waals surface area contributed by atoms with Crippen molar-refractivity contribution in [1.29, 1.82) is 0 Å². The Labute approximate surface area is 81.4 Å². The molecule has 0 saturated heterocycles. The summed E-state index contributed by atoms with van der Waals surface area (Å²) in [6.45, 7) is 9.16. The van der Waals surface area contributed by atoms with Gasteiger partial charge in [-0.3, -0.25) is 9.79 Å². The van der Waals surface area contributed by atoms with Crippen molar-refractivity contribution in [3.8, 4) is 0 Å². The lowest BCUT2D eigenvalue weighted by molar-refractivity contribution is -0.107. The number of hydrogen-bond donors (Lipinski definition) is 0. The molecule has 0 fully saturated rings. The molecule has 1 atom stereocenters. The molecule has 1 aliphatic heterocycles. The Balaban J connectivity index is 2.96. The van der Waals surface area contributed by atoms with Gasteiger partial charge in [0.05, 0.1) is 5.71 Å². The first-order valence-corrected chi connectivity index (χ1v) is 7.01. The van der Waals surface area contributed by atoms with E-state index in [1.54, 1.807) is 0 Å². The number of allylic oxidation sites excluding steroid dienone is 2. The second kappa shape index (κ2) is 3.58. The molecule has 0 aromatic rings. The summed E-state index contributed by atoms with van der Waals surface area (Å²) in [7, 11) is -1.31. The Morgan fingerprint density at radius 2 is 2.15 bits per heavy atom. The minimum absolute atomic E-state index is 0.155. The zero-order valence-electron chi connectivity index (χ0n) is 8.79. The number of carbonyl (C=O) groups excluding carboxylic acids is 1. The van der Waals surface area contributed by atoms with Crippen molar-refractivity contribution >= 4 is 19.9 Å². The Bertz CT molecular complexity index is 279. The Kier molecular flexibility index (Phi) is 2.86. The molecule has 0 N–H and O–H groups in total. The predicted molar refractivity (Wildman–Crippen MR) is 59.2 cm³/mol. The molecular weight excluding hydrogens is 178 g/mol. The summed E-state index contributed by atoms with van der Waals surface area (Å²) in [6.07, 6.45) is 3.72. The quantitative estimate of drug-likeness (QED) is 0.586. The molecule has 1 rings (SSSR count). The second-order valence-electron chi connectivity index (χ2n) is 4.28. The predicted octanol–water partition coefficient (Wildman–Crippen LogP) is 1.76. The summed E-state index contributed by atoms with van der Waals surface area (Å²) in [4.78, 5) is 16.1. The van der Waals surface area contributed by atoms with Crippen LogP contribution in [-0.2, 0) is 4.79 Å². The van der Waals surface area contributed by atoms with Gasteiger partial charge >= 0.3 is 0 Å². The van der Waals surface area contributed by atoms with E-state index in [0.717, 1.165) is 6.54 Å². The van der Waals surface area contributed by atoms with Crippen molar-refractivity contribution in [2.75, 3.05) is 6.54 Å². The number of aliphatic imine (C=N–C) groups is 1. The topological polar surface area (TPSA) is 29.4 Å². The largest absolute Gasteiger partial charge is 0.299 e. The van der Waals surface area contributed by atoms with Crippen LogP contribution in [-0.4, -0.2) is 26.5 Å². The molecule has 3 heteroatoms. The highest BCUT2D eigenvalue weighted by molar-refractivity contribution is 7.03. The third kappa shape index (κ3) is 1.96. The van der Waals surface area contributed by atoms with Crippen LogP contribution in [0.25, 0.3) is 0 Å². The standard InChI is InChI=1S/C10H17NOSi/c1-5-6-8-9(12)13(4)10(2,3)7-11-8/h5-6,13H,7H2,1-4H3. The Hall–Kier alpha value is -0.703. The van der Waals surface area contributed by atoms with Crippen LogP contribution in [0.2, 0.25) is 11.6 Å². The highest BCUT2D eigenvalue weighted by Gasteiger charge is 2.37. The molecule has 1 aliphatic rings. The van der Waals surface area contributed by atoms with Gasteiger partial charge in [-0.1, -0.05) is 26.5 Å². The fourth-order valence-electron chi connectivity index (χ4n) is 1.37. The maximum Gasteiger partial charge on any atom is 0.154 e. The molecule has 0 aromatic carbocycles. The van der Waals surface area contributed by atoms with Crippen LogP contribution in [0, 0.1) is 0 Å². The van der Waals surface area contributed by atoms with Gasteiger partial charge in [-0.15, -0.1) is 0 Å². The van der Waals surface area contributed by atoms with E-state index in [2.05, 4.69) is 25.4 Å². The van der Waals surface area contributed by atoms with Crippen molar-refractivity contribution in [2.45, 2.75) is 32.4 Å². The highest BCUT2D eigenvalue weighted by Crippen LogP contribution is 2.32. The minimum atomic E-state index is -1.31. The molecule has 1 unspecified atom stereocenters. The fraction of sp³-hybridized carbons (Fsp3) is 0.600. The van der Waals surface area contributed by atoms with Crippen LogP contribution in [0.3, 0.4) is 0 Å². The van der Waals surface area contributed by atoms with E-state index in [1.807, 2.05) is 19.1 Å². The van der Waals surface area contributed by atoms with E-state index in [1.165, 1.54) is 0 Å². The van der Waals surface area contributed by atoms with E-state index < -0.39 is 8.80 Å². The first-order valence-electron chi connectivity index (χ1n) is 4.70. The molecule has 0 amide bonds. The zero-order chi connectivity index (χ0) is 10.1. The third-order valence-corrected chi connectivity index (χ3v) is 6.41. The summed E-state index contributed by atoms with van der Waals surface area (Å²) in [5.41, 5.74) is 0.695. The summed E-state index contributed by atoms with van der Waals surface area (Å²) in [5, 5.41) is 0.469. The molecule has 0 aromatic heterocycles. The number of hydrogen-bond acceptors (Lipinski definition) is 2. The van der Waals surface area contributed by atoms with E-state index in [-0.39, 0.29) is 5.04 Å². The lowest BCUT2D eigenvalue weighted by atomic mass is 10.2. The summed E-state index contributed by atoms with van der Waals surface area (Å²) in [6, 6.07) is 0. The van der Waals surface area contributed by atoms with Gasteiger partial charge < -0.3 is 0 Å². The van der Waals surface area contributed by atoms with E-state index in [9.17, 15) is 4.79 Å². The number of carbonyl (C=O) groups is 1. The van der Waals surface area contributed by atoms with Gasteiger partial charge in [0.1, 0.15) is 8.80 Å². The number of nitrogens with zero attached hydrogens (tertiary/aromatic N) is 1. The molecule has 0 spiro atoms. The normalized spacial score (nSPS) is 27.8. The molecule has 0 bridgehead atoms. The average Bonchev–Trinajstić information content (AvgIpc) is 2.07. The van der Waals surface area contributed by atoms with Gasteiger partial charge in [0.2, 0.25) is 0 Å². The van der Waals surface area contributed by atoms with Gasteiger partial charge in [0.25, 0.3) is 0 Å². The van der Waals surface area contributed by atoms with Crippen LogP contribution < -0.4 is 0 Å². The van der Waals surface area contributed by atoms with Gasteiger partial charge in [-0.25, -0.2) is 0 Å². The van der Waals surface area contributed by atoms with Crippen LogP contribution >= 0.6 is 0 Å². The smallest absolute Gasteiger partial charge is 0.154 e. The SMILES string of the molecule is CC=CC1=NCC(C)(C)[SiH](C)C1=O. The molecule has 2 nitrogen and oxygen atoms in total. The van der Waals surface area contributed by atoms with Crippen LogP contribution in [0.4, 0.5) is 0 Å². The fourth-order valence-corrected chi connectivity index (χ4v) is 3.08. The van der Waals surface area contributed by atoms with Crippen molar-refractivity contribution < 1.29 is 4.79 Å². The van der Waals surface area contributed by atoms with E-state index in [4.69, 9.17) is 0 Å². The lowest BCUT2D eigenvalue weighted by Gasteiger charge is -2.31. The Morgan fingerprint density at radius 3 is 2.69 bits per heavy atom. The third-order valence-electron chi connectivity index (χ3n) is 2.80. The van der Waals surface area contributed by atoms with Crippen LogP contribution in [0.15, 0.2) is 17.1 Å². The number of rotatable bonds is 1. The molecule has 0 saturated carbocycles. The van der Waals surface area contributed by atoms with Crippen LogP contribution in [0.5, 0.6) is 0 Å². The first-order chi connectivity index (χ1) is 5.99. The second-order valence-corrected chi connectivity index (χ2v) is 7.81. The van der Waals surface area contributed by atoms with E-state index in [0.29, 0.717) is 11.1 Å². The molecule has 0 aliphatic carbocycles. The summed E-state index contributed by atoms with van der Waals surface area (Å²) in [5.74, 6) is 0. The van der Waals surface area contributed by atoms with Gasteiger partial charge in [-0.2, -0.15) is 0 Å².